The van der Waals surface area contributed by atoms with Gasteiger partial charge in [-0.2, -0.15) is 0 Å². The Hall–Kier alpha value is -3.12. The molecule has 0 amide bonds. The molecule has 0 heterocycles. The smallest absolute Gasteiger partial charge is 0.0617 e. The van der Waals surface area contributed by atoms with Crippen LogP contribution in [-0.2, 0) is 5.41 Å². The molecule has 0 aliphatic carbocycles. The second-order valence-electron chi connectivity index (χ2n) is 7.65. The van der Waals surface area contributed by atoms with Crippen molar-refractivity contribution in [2.45, 2.75) is 26.2 Å². The van der Waals surface area contributed by atoms with E-state index in [0.29, 0.717) is 0 Å². The number of benzene rings is 4. The summed E-state index contributed by atoms with van der Waals surface area (Å²) in [7, 11) is 0. The van der Waals surface area contributed by atoms with E-state index in [2.05, 4.69) is 118 Å². The minimum atomic E-state index is -0.387. The van der Waals surface area contributed by atoms with Crippen LogP contribution in [0.4, 0.5) is 0 Å². The largest absolute Gasteiger partial charge is 0.0702 e. The fourth-order valence-corrected chi connectivity index (χ4v) is 4.26. The molecule has 0 nitrogen and oxygen atoms in total. The van der Waals surface area contributed by atoms with Crippen LogP contribution >= 0.6 is 0 Å². The maximum absolute atomic E-state index is 3.32. The number of hydrogen-bond donors (Lipinski definition) is 0. The molecule has 0 aromatic heterocycles. The molecular weight excluding hydrogens is 336 g/mol. The number of hydrogen-bond acceptors (Lipinski definition) is 0. The number of aryl methyl sites for hydroxylation is 3. The van der Waals surface area contributed by atoms with Gasteiger partial charge in [0, 0.05) is 0 Å². The van der Waals surface area contributed by atoms with Crippen LogP contribution in [-0.4, -0.2) is 0 Å². The summed E-state index contributed by atoms with van der Waals surface area (Å²) in [6.07, 6.45) is 0. The second kappa shape index (κ2) is 7.48. The predicted octanol–water partition coefficient (Wildman–Crippen LogP) is 6.79. The maximum Gasteiger partial charge on any atom is 0.0702 e. The van der Waals surface area contributed by atoms with E-state index in [-0.39, 0.29) is 5.41 Å². The molecule has 0 fully saturated rings. The van der Waals surface area contributed by atoms with E-state index in [1.807, 2.05) is 6.07 Å². The summed E-state index contributed by atoms with van der Waals surface area (Å²) >= 11 is 0. The van der Waals surface area contributed by atoms with Gasteiger partial charge in [0.15, 0.2) is 0 Å². The van der Waals surface area contributed by atoms with Crippen molar-refractivity contribution in [2.24, 2.45) is 0 Å². The van der Waals surface area contributed by atoms with Gasteiger partial charge < -0.3 is 0 Å². The highest BCUT2D eigenvalue weighted by Crippen LogP contribution is 2.45. The average Bonchev–Trinajstić information content (AvgIpc) is 2.70. The van der Waals surface area contributed by atoms with E-state index in [4.69, 9.17) is 0 Å². The van der Waals surface area contributed by atoms with Gasteiger partial charge in [-0.1, -0.05) is 108 Å². The fraction of sp³-hybridized carbons (Fsp3) is 0.143. The third-order valence-corrected chi connectivity index (χ3v) is 5.49. The van der Waals surface area contributed by atoms with Gasteiger partial charge in [-0.25, -0.2) is 0 Å². The summed E-state index contributed by atoms with van der Waals surface area (Å²) in [5.74, 6) is 0. The average molecular weight is 362 g/mol. The highest BCUT2D eigenvalue weighted by Gasteiger charge is 2.38. The topological polar surface area (TPSA) is 0 Å². The van der Waals surface area contributed by atoms with Crippen LogP contribution in [0.15, 0.2) is 97.1 Å². The van der Waals surface area contributed by atoms with Gasteiger partial charge in [-0.05, 0) is 55.2 Å². The van der Waals surface area contributed by atoms with Gasteiger partial charge in [-0.15, -0.1) is 0 Å². The van der Waals surface area contributed by atoms with Crippen LogP contribution in [0.1, 0.15) is 38.9 Å². The van der Waals surface area contributed by atoms with Crippen LogP contribution in [0.2, 0.25) is 0 Å². The summed E-state index contributed by atoms with van der Waals surface area (Å²) in [5, 5.41) is 0. The van der Waals surface area contributed by atoms with Crippen LogP contribution in [0, 0.1) is 26.8 Å². The molecule has 4 aromatic carbocycles. The van der Waals surface area contributed by atoms with Crippen molar-refractivity contribution in [2.75, 3.05) is 0 Å². The summed E-state index contributed by atoms with van der Waals surface area (Å²) in [4.78, 5) is 0. The highest BCUT2D eigenvalue weighted by molar-refractivity contribution is 5.60. The lowest BCUT2D eigenvalue weighted by molar-refractivity contribution is 0.742. The van der Waals surface area contributed by atoms with Gasteiger partial charge >= 0.3 is 0 Å². The Kier molecular flexibility index (Phi) is 4.88. The monoisotopic (exact) mass is 361 g/mol. The molecule has 28 heavy (non-hydrogen) atoms. The minimum absolute atomic E-state index is 0.387. The molecule has 0 heteroatoms. The SMILES string of the molecule is Cc1cccc(C(c2c[c]ccc2)(c2cccc(C)c2)c2cccc(C)c2)c1. The van der Waals surface area contributed by atoms with Gasteiger partial charge in [0.1, 0.15) is 0 Å². The standard InChI is InChI=1S/C28H25/c1-21-10-7-15-25(18-21)28(24-13-5-4-6-14-24,26-16-8-11-22(2)19-26)27-17-9-12-23(3)20-27/h4-5,7-20H,1-3H3. The van der Waals surface area contributed by atoms with Crippen molar-refractivity contribution in [3.63, 3.8) is 0 Å². The molecule has 0 unspecified atom stereocenters. The minimum Gasteiger partial charge on any atom is -0.0617 e. The Morgan fingerprint density at radius 2 is 0.964 bits per heavy atom. The molecule has 0 aliphatic heterocycles. The molecule has 0 N–H and O–H groups in total. The zero-order chi connectivity index (χ0) is 19.6. The van der Waals surface area contributed by atoms with Crippen LogP contribution in [0.25, 0.3) is 0 Å². The Morgan fingerprint density at radius 1 is 0.536 bits per heavy atom. The Morgan fingerprint density at radius 3 is 1.32 bits per heavy atom. The van der Waals surface area contributed by atoms with E-state index in [1.165, 1.54) is 38.9 Å². The maximum atomic E-state index is 3.32. The molecule has 0 saturated heterocycles. The van der Waals surface area contributed by atoms with Crippen LogP contribution in [0.5, 0.6) is 0 Å². The van der Waals surface area contributed by atoms with Crippen LogP contribution in [0.3, 0.4) is 0 Å². The van der Waals surface area contributed by atoms with Crippen molar-refractivity contribution in [3.8, 4) is 0 Å². The molecule has 137 valence electrons. The first-order valence-electron chi connectivity index (χ1n) is 9.79. The van der Waals surface area contributed by atoms with Crippen molar-refractivity contribution in [1.29, 1.82) is 0 Å². The molecule has 0 atom stereocenters. The molecule has 0 aliphatic rings. The molecule has 4 aromatic rings. The summed E-state index contributed by atoms with van der Waals surface area (Å²) in [5.41, 5.74) is 8.49. The fourth-order valence-electron chi connectivity index (χ4n) is 4.26. The van der Waals surface area contributed by atoms with Crippen molar-refractivity contribution >= 4 is 0 Å². The third-order valence-electron chi connectivity index (χ3n) is 5.49. The zero-order valence-corrected chi connectivity index (χ0v) is 16.7. The first kappa shape index (κ1) is 18.3. The molecule has 1 radical (unpaired) electrons. The lowest BCUT2D eigenvalue weighted by Gasteiger charge is -2.37. The van der Waals surface area contributed by atoms with E-state index in [9.17, 15) is 0 Å². The van der Waals surface area contributed by atoms with Crippen molar-refractivity contribution in [3.05, 3.63) is 142 Å². The Balaban J connectivity index is 2.17. The van der Waals surface area contributed by atoms with Crippen molar-refractivity contribution in [1.82, 2.24) is 0 Å². The number of rotatable bonds is 4. The molecule has 4 rings (SSSR count). The van der Waals surface area contributed by atoms with Crippen LogP contribution < -0.4 is 0 Å². The zero-order valence-electron chi connectivity index (χ0n) is 16.7. The van der Waals surface area contributed by atoms with E-state index >= 15 is 0 Å². The van der Waals surface area contributed by atoms with E-state index < -0.39 is 0 Å². The third kappa shape index (κ3) is 3.16. The Bertz CT molecular complexity index is 979. The lowest BCUT2D eigenvalue weighted by Crippen LogP contribution is -2.31. The van der Waals surface area contributed by atoms with Gasteiger partial charge in [0.2, 0.25) is 0 Å². The van der Waals surface area contributed by atoms with Gasteiger partial charge in [0.25, 0.3) is 0 Å². The first-order valence-corrected chi connectivity index (χ1v) is 9.79. The second-order valence-corrected chi connectivity index (χ2v) is 7.65. The van der Waals surface area contributed by atoms with E-state index in [1.54, 1.807) is 0 Å². The Labute approximate surface area is 168 Å². The molecule has 0 spiro atoms. The molecule has 0 bridgehead atoms. The van der Waals surface area contributed by atoms with E-state index in [0.717, 1.165) is 0 Å². The van der Waals surface area contributed by atoms with Crippen molar-refractivity contribution < 1.29 is 0 Å². The summed E-state index contributed by atoms with van der Waals surface area (Å²) in [6.45, 7) is 6.49. The summed E-state index contributed by atoms with van der Waals surface area (Å²) < 4.78 is 0. The lowest BCUT2D eigenvalue weighted by atomic mass is 9.64. The molecule has 0 saturated carbocycles. The van der Waals surface area contributed by atoms with Gasteiger partial charge in [0.05, 0.1) is 5.41 Å². The normalized spacial score (nSPS) is 11.4. The predicted molar refractivity (Wildman–Crippen MR) is 118 cm³/mol. The highest BCUT2D eigenvalue weighted by atomic mass is 14.4. The summed E-state index contributed by atoms with van der Waals surface area (Å²) in [6, 6.07) is 38.4. The first-order chi connectivity index (χ1) is 13.6. The molecular formula is C28H25. The quantitative estimate of drug-likeness (QED) is 0.351. The van der Waals surface area contributed by atoms with Gasteiger partial charge in [-0.3, -0.25) is 0 Å².